The molecule has 0 aliphatic heterocycles. The lowest BCUT2D eigenvalue weighted by molar-refractivity contribution is 0.414. The first-order valence-corrected chi connectivity index (χ1v) is 36.9. The van der Waals surface area contributed by atoms with Gasteiger partial charge in [-0.2, -0.15) is 0 Å². The zero-order chi connectivity index (χ0) is 71.5. The Kier molecular flexibility index (Phi) is 20.3. The average Bonchev–Trinajstić information content (AvgIpc) is 1.61. The zero-order valence-corrected chi connectivity index (χ0v) is 59.4. The number of thiazole rings is 1. The van der Waals surface area contributed by atoms with Crippen LogP contribution in [0.5, 0.6) is 5.75 Å². The number of nitrogens with zero attached hydrogens (tertiary/aromatic N) is 17. The normalized spacial score (nSPS) is 11.8. The van der Waals surface area contributed by atoms with Gasteiger partial charge in [-0.3, -0.25) is 51.6 Å². The van der Waals surface area contributed by atoms with Crippen molar-refractivity contribution in [2.24, 2.45) is 0 Å². The Morgan fingerprint density at radius 3 is 1.34 bits per heavy atom. The van der Waals surface area contributed by atoms with Crippen LogP contribution in [-0.4, -0.2) is 122 Å². The summed E-state index contributed by atoms with van der Waals surface area (Å²) in [5, 5.41) is 5.11. The monoisotopic (exact) mass is 1480 g/mol. The lowest BCUT2D eigenvalue weighted by atomic mass is 10.2. The van der Waals surface area contributed by atoms with E-state index in [0.29, 0.717) is 128 Å². The van der Waals surface area contributed by atoms with E-state index >= 15 is 0 Å². The van der Waals surface area contributed by atoms with Gasteiger partial charge < -0.3 is 18.4 Å². The number of hydrogen-bond acceptors (Lipinski definition) is 15. The minimum Gasteiger partial charge on any atom is -0.497 e. The molecular formula is C73H64Cl3F2N17O6S2. The molecule has 11 aromatic heterocycles. The standard InChI is InChI=1S/C27H22ClFN6O.C25H24ClN5O4S.C21H18ClFN6OS/c28-19-5-8-23-22(15-19)32-26(33(23)13-2-1-10-29)17-34-25-16-30-12-9-24(25)35(27(34)36)20-6-7-21-18(14-20)4-3-11-31-21;1-35-19-7-5-18(6-8-19)31-22-10-11-27-15-23(22)30(25(31)32)16-24-28-20-14-17(26)4-9-21(20)29(24)12-3-13-36(2,33)34;22-14-3-4-16-15(11-14)26-19(27(16)9-2-1-6-23)13-28-18-12-24-7-5-17(18)29(21(28)30)20-25-8-10-31-20/h3-9,11-12,14-16H,1-2,10,13,17H2;4-11,14-15H,3,12-13,16H2,1-2H3;3-5,7-8,10-12H,1-2,6,9,13H2. The summed E-state index contributed by atoms with van der Waals surface area (Å²) in [6.45, 7) is 1.58. The molecule has 16 aromatic rings. The molecular weight excluding hydrogens is 1420 g/mol. The lowest BCUT2D eigenvalue weighted by Gasteiger charge is -2.10. The second-order valence-electron chi connectivity index (χ2n) is 24.3. The molecule has 0 bridgehead atoms. The second kappa shape index (κ2) is 30.1. The van der Waals surface area contributed by atoms with Gasteiger partial charge in [-0.15, -0.1) is 11.3 Å². The third-order valence-electron chi connectivity index (χ3n) is 17.7. The van der Waals surface area contributed by atoms with Crippen molar-refractivity contribution in [3.8, 4) is 22.3 Å². The number of ether oxygens (including phenoxy) is 1. The zero-order valence-electron chi connectivity index (χ0n) is 55.5. The highest BCUT2D eigenvalue weighted by molar-refractivity contribution is 7.90. The molecule has 0 unspecified atom stereocenters. The van der Waals surface area contributed by atoms with E-state index in [9.17, 15) is 31.6 Å². The fourth-order valence-electron chi connectivity index (χ4n) is 12.9. The van der Waals surface area contributed by atoms with Crippen molar-refractivity contribution in [3.63, 3.8) is 0 Å². The predicted molar refractivity (Wildman–Crippen MR) is 400 cm³/mol. The Hall–Kier alpha value is -10.7. The van der Waals surface area contributed by atoms with Gasteiger partial charge in [0.15, 0.2) is 5.13 Å². The Morgan fingerprint density at radius 1 is 0.447 bits per heavy atom. The summed E-state index contributed by atoms with van der Waals surface area (Å²) in [5.74, 6) is 2.79. The van der Waals surface area contributed by atoms with Gasteiger partial charge in [0.25, 0.3) is 0 Å². The Bertz CT molecular complexity index is 6120. The second-order valence-corrected chi connectivity index (χ2v) is 28.8. The fourth-order valence-corrected chi connectivity index (χ4v) is 14.7. The number of sulfone groups is 1. The first-order chi connectivity index (χ1) is 50.1. The van der Waals surface area contributed by atoms with Gasteiger partial charge in [0.1, 0.15) is 33.1 Å². The number of pyridine rings is 4. The van der Waals surface area contributed by atoms with E-state index in [1.54, 1.807) is 127 Å². The molecule has 11 heterocycles. The summed E-state index contributed by atoms with van der Waals surface area (Å²) in [4.78, 5) is 76.7. The maximum atomic E-state index is 13.8. The topological polar surface area (TPSA) is 242 Å². The summed E-state index contributed by atoms with van der Waals surface area (Å²) < 4.78 is 70.1. The van der Waals surface area contributed by atoms with Gasteiger partial charge in [0.05, 0.1) is 148 Å². The third-order valence-corrected chi connectivity index (χ3v) is 20.2. The number of halogens is 5. The Balaban J connectivity index is 0.000000131. The van der Waals surface area contributed by atoms with E-state index in [4.69, 9.17) is 54.5 Å². The molecule has 5 aromatic carbocycles. The van der Waals surface area contributed by atoms with Crippen LogP contribution in [0.1, 0.15) is 49.6 Å². The molecule has 0 fully saturated rings. The SMILES string of the molecule is COc1ccc(-n2c(=O)n(Cc3nc4cc(Cl)ccc4n3CCCS(C)(=O)=O)c3cnccc32)cc1.O=c1n(Cc2nc3cc(Cl)ccc3n2CCCCF)c2cnccc2n1-c1ccc2ncccc2c1.O=c1n(Cc2nc3cc(Cl)ccc3n2CCCCF)c2cnccc2n1-c1nccs1. The minimum absolute atomic E-state index is 0.0559. The number of aryl methyl sites for hydroxylation is 3. The van der Waals surface area contributed by atoms with Gasteiger partial charge in [0.2, 0.25) is 0 Å². The lowest BCUT2D eigenvalue weighted by Crippen LogP contribution is -2.25. The quantitative estimate of drug-likeness (QED) is 0.0573. The van der Waals surface area contributed by atoms with Crippen molar-refractivity contribution in [1.29, 1.82) is 0 Å². The van der Waals surface area contributed by atoms with E-state index in [-0.39, 0.29) is 55.8 Å². The van der Waals surface area contributed by atoms with E-state index in [0.717, 1.165) is 55.2 Å². The smallest absolute Gasteiger partial charge is 0.336 e. The number of imidazole rings is 6. The molecule has 0 saturated heterocycles. The summed E-state index contributed by atoms with van der Waals surface area (Å²) >= 11 is 20.0. The van der Waals surface area contributed by atoms with E-state index in [1.807, 2.05) is 99.4 Å². The fraction of sp³-hybridized carbons (Fsp3) is 0.219. The number of alkyl halides is 2. The largest absolute Gasteiger partial charge is 0.497 e. The molecule has 0 atom stereocenters. The summed E-state index contributed by atoms with van der Waals surface area (Å²) in [6.07, 6.45) is 17.4. The molecule has 0 amide bonds. The first kappa shape index (κ1) is 69.4. The van der Waals surface area contributed by atoms with E-state index < -0.39 is 9.84 Å². The number of hydrogen-bond donors (Lipinski definition) is 0. The van der Waals surface area contributed by atoms with Crippen molar-refractivity contribution >= 4 is 133 Å². The maximum absolute atomic E-state index is 13.8. The van der Waals surface area contributed by atoms with Gasteiger partial charge in [-0.1, -0.05) is 40.9 Å². The molecule has 16 rings (SSSR count). The molecule has 0 saturated carbocycles. The minimum atomic E-state index is -3.11. The van der Waals surface area contributed by atoms with Crippen molar-refractivity contribution in [2.45, 2.75) is 71.4 Å². The maximum Gasteiger partial charge on any atom is 0.336 e. The van der Waals surface area contributed by atoms with E-state index in [2.05, 4.69) is 29.5 Å². The summed E-state index contributed by atoms with van der Waals surface area (Å²) in [7, 11) is -1.52. The number of fused-ring (bicyclic) bond motifs is 7. The molecule has 0 N–H and O–H groups in total. The van der Waals surface area contributed by atoms with Crippen LogP contribution in [0.3, 0.4) is 0 Å². The van der Waals surface area contributed by atoms with Crippen LogP contribution in [0.25, 0.3) is 93.6 Å². The predicted octanol–water partition coefficient (Wildman–Crippen LogP) is 13.7. The van der Waals surface area contributed by atoms with Crippen LogP contribution in [0, 0.1) is 0 Å². The Labute approximate surface area is 604 Å². The molecule has 30 heteroatoms. The first-order valence-electron chi connectivity index (χ1n) is 32.8. The van der Waals surface area contributed by atoms with Crippen molar-refractivity contribution in [3.05, 3.63) is 246 Å². The van der Waals surface area contributed by atoms with Crippen LogP contribution in [0.2, 0.25) is 15.1 Å². The summed E-state index contributed by atoms with van der Waals surface area (Å²) in [5.41, 5.74) is 10.7. The van der Waals surface area contributed by atoms with E-state index in [1.165, 1.54) is 17.6 Å². The van der Waals surface area contributed by atoms with Crippen LogP contribution < -0.4 is 21.8 Å². The number of unbranched alkanes of at least 4 members (excludes halogenated alkanes) is 2. The molecule has 0 spiro atoms. The van der Waals surface area contributed by atoms with Crippen molar-refractivity contribution in [2.75, 3.05) is 32.5 Å². The van der Waals surface area contributed by atoms with Crippen LogP contribution >= 0.6 is 46.1 Å². The number of aromatic nitrogens is 17. The van der Waals surface area contributed by atoms with Gasteiger partial charge in [-0.25, -0.2) is 47.3 Å². The number of methoxy groups -OCH3 is 1. The highest BCUT2D eigenvalue weighted by Gasteiger charge is 2.24. The van der Waals surface area contributed by atoms with Crippen molar-refractivity contribution < 1.29 is 21.9 Å². The van der Waals surface area contributed by atoms with Gasteiger partial charge in [0, 0.05) is 82.7 Å². The molecule has 0 aliphatic carbocycles. The van der Waals surface area contributed by atoms with Crippen molar-refractivity contribution in [1.82, 2.24) is 81.0 Å². The Morgan fingerprint density at radius 2 is 0.893 bits per heavy atom. The van der Waals surface area contributed by atoms with Crippen LogP contribution in [-0.2, 0) is 49.1 Å². The third kappa shape index (κ3) is 14.3. The van der Waals surface area contributed by atoms with Crippen LogP contribution in [0.4, 0.5) is 8.78 Å². The highest BCUT2D eigenvalue weighted by Crippen LogP contribution is 2.29. The molecule has 103 heavy (non-hydrogen) atoms. The number of rotatable bonds is 22. The molecule has 0 aliphatic rings. The van der Waals surface area contributed by atoms with Gasteiger partial charge >= 0.3 is 17.1 Å². The molecule has 23 nitrogen and oxygen atoms in total. The highest BCUT2D eigenvalue weighted by atomic mass is 35.5. The number of benzene rings is 5. The summed E-state index contributed by atoms with van der Waals surface area (Å²) in [6, 6.07) is 38.8. The van der Waals surface area contributed by atoms with Gasteiger partial charge in [-0.05, 0) is 153 Å². The average molecular weight is 1480 g/mol. The van der Waals surface area contributed by atoms with Crippen LogP contribution in [0.15, 0.2) is 197 Å². The molecule has 524 valence electrons. The molecule has 0 radical (unpaired) electrons.